The van der Waals surface area contributed by atoms with E-state index in [1.807, 2.05) is 5.48 Å². The number of hydrogen-bond donors (Lipinski definition) is 4. The number of nitrogens with zero attached hydrogens (tertiary/aromatic N) is 2. The fourth-order valence-corrected chi connectivity index (χ4v) is 0.974. The van der Waals surface area contributed by atoms with E-state index in [0.717, 1.165) is 0 Å². The number of aromatic nitrogens is 2. The first-order chi connectivity index (χ1) is 7.36. The Balaban J connectivity index is 2.71. The Labute approximate surface area is 92.2 Å². The maximum atomic E-state index is 11.6. The Morgan fingerprint density at radius 1 is 1.56 bits per heavy atom. The van der Waals surface area contributed by atoms with Crippen LogP contribution in [0.4, 0.5) is 0 Å². The second-order valence-electron chi connectivity index (χ2n) is 3.91. The fourth-order valence-electron chi connectivity index (χ4n) is 0.974. The van der Waals surface area contributed by atoms with Crippen LogP contribution in [-0.4, -0.2) is 33.0 Å². The zero-order valence-electron chi connectivity index (χ0n) is 9.31. The van der Waals surface area contributed by atoms with Crippen molar-refractivity contribution in [3.63, 3.8) is 0 Å². The predicted molar refractivity (Wildman–Crippen MR) is 53.5 cm³/mol. The van der Waals surface area contributed by atoms with Crippen LogP contribution in [0, 0.1) is 6.92 Å². The third-order valence-corrected chi connectivity index (χ3v) is 2.07. The highest BCUT2D eigenvalue weighted by atomic mass is 16.5. The van der Waals surface area contributed by atoms with Gasteiger partial charge in [0.1, 0.15) is 6.17 Å². The van der Waals surface area contributed by atoms with Crippen molar-refractivity contribution in [1.29, 1.82) is 0 Å². The van der Waals surface area contributed by atoms with E-state index in [1.54, 1.807) is 20.8 Å². The van der Waals surface area contributed by atoms with Crippen molar-refractivity contribution < 1.29 is 14.4 Å². The number of carbonyl (C=O) groups excluding carboxylic acids is 1. The number of rotatable bonds is 4. The highest BCUT2D eigenvalue weighted by Crippen LogP contribution is 2.07. The second-order valence-corrected chi connectivity index (χ2v) is 3.91. The lowest BCUT2D eigenvalue weighted by molar-refractivity contribution is 0.0687. The SMILES string of the molecule is Cc1nnc(C(=O)NC(C)(C)C(N)NO)o1. The van der Waals surface area contributed by atoms with E-state index in [-0.39, 0.29) is 5.89 Å². The van der Waals surface area contributed by atoms with Crippen LogP contribution >= 0.6 is 0 Å². The lowest BCUT2D eigenvalue weighted by Gasteiger charge is -2.30. The summed E-state index contributed by atoms with van der Waals surface area (Å²) in [5, 5.41) is 18.3. The van der Waals surface area contributed by atoms with E-state index < -0.39 is 17.6 Å². The van der Waals surface area contributed by atoms with Crippen LogP contribution in [0.2, 0.25) is 0 Å². The molecule has 8 heteroatoms. The Hall–Kier alpha value is -1.51. The summed E-state index contributed by atoms with van der Waals surface area (Å²) in [7, 11) is 0. The minimum Gasteiger partial charge on any atom is -0.417 e. The zero-order chi connectivity index (χ0) is 12.3. The smallest absolute Gasteiger partial charge is 0.309 e. The van der Waals surface area contributed by atoms with Gasteiger partial charge in [0, 0.05) is 6.92 Å². The lowest BCUT2D eigenvalue weighted by Crippen LogP contribution is -2.61. The first kappa shape index (κ1) is 12.6. The van der Waals surface area contributed by atoms with Gasteiger partial charge in [-0.2, -0.15) is 5.48 Å². The third kappa shape index (κ3) is 2.75. The molecule has 0 aromatic carbocycles. The molecule has 90 valence electrons. The Kier molecular flexibility index (Phi) is 3.58. The van der Waals surface area contributed by atoms with Crippen LogP contribution in [0.3, 0.4) is 0 Å². The molecule has 0 radical (unpaired) electrons. The van der Waals surface area contributed by atoms with Crippen LogP contribution in [-0.2, 0) is 0 Å². The molecule has 0 aliphatic rings. The number of aryl methyl sites for hydroxylation is 1. The molecule has 1 aromatic rings. The van der Waals surface area contributed by atoms with Crippen molar-refractivity contribution in [3.8, 4) is 0 Å². The lowest BCUT2D eigenvalue weighted by atomic mass is 10.0. The molecule has 1 unspecified atom stereocenters. The van der Waals surface area contributed by atoms with E-state index in [0.29, 0.717) is 5.89 Å². The predicted octanol–water partition coefficient (Wildman–Crippen LogP) is -0.850. The van der Waals surface area contributed by atoms with Crippen LogP contribution in [0.1, 0.15) is 30.4 Å². The molecule has 8 nitrogen and oxygen atoms in total. The third-order valence-electron chi connectivity index (χ3n) is 2.07. The van der Waals surface area contributed by atoms with Gasteiger partial charge in [0.05, 0.1) is 5.54 Å². The normalized spacial score (nSPS) is 13.6. The van der Waals surface area contributed by atoms with Crippen molar-refractivity contribution in [2.24, 2.45) is 5.73 Å². The number of carbonyl (C=O) groups is 1. The van der Waals surface area contributed by atoms with Crippen LogP contribution in [0.25, 0.3) is 0 Å². The van der Waals surface area contributed by atoms with E-state index in [4.69, 9.17) is 15.4 Å². The average molecular weight is 229 g/mol. The fraction of sp³-hybridized carbons (Fsp3) is 0.625. The van der Waals surface area contributed by atoms with Crippen LogP contribution < -0.4 is 16.5 Å². The highest BCUT2D eigenvalue weighted by molar-refractivity contribution is 5.89. The van der Waals surface area contributed by atoms with E-state index in [2.05, 4.69) is 15.5 Å². The van der Waals surface area contributed by atoms with Gasteiger partial charge in [-0.3, -0.25) is 4.79 Å². The van der Waals surface area contributed by atoms with Crippen LogP contribution in [0.15, 0.2) is 4.42 Å². The molecule has 1 rings (SSSR count). The van der Waals surface area contributed by atoms with Gasteiger partial charge in [-0.25, -0.2) is 0 Å². The zero-order valence-corrected chi connectivity index (χ0v) is 9.31. The molecule has 1 amide bonds. The molecule has 1 aromatic heterocycles. The first-order valence-corrected chi connectivity index (χ1v) is 4.64. The standard InChI is InChI=1S/C8H15N5O3/c1-4-11-12-6(16-4)5(14)10-8(2,3)7(9)13-15/h7,13,15H,9H2,1-3H3,(H,10,14). The molecule has 0 fully saturated rings. The quantitative estimate of drug-likeness (QED) is 0.391. The van der Waals surface area contributed by atoms with Gasteiger partial charge in [-0.05, 0) is 13.8 Å². The summed E-state index contributed by atoms with van der Waals surface area (Å²) >= 11 is 0. The van der Waals surface area contributed by atoms with E-state index in [9.17, 15) is 4.79 Å². The maximum Gasteiger partial charge on any atom is 0.309 e. The minimum atomic E-state index is -0.867. The van der Waals surface area contributed by atoms with E-state index >= 15 is 0 Å². The van der Waals surface area contributed by atoms with Gasteiger partial charge >= 0.3 is 11.8 Å². The Bertz CT molecular complexity index is 376. The molecular weight excluding hydrogens is 214 g/mol. The van der Waals surface area contributed by atoms with Gasteiger partial charge in [0.15, 0.2) is 0 Å². The van der Waals surface area contributed by atoms with Crippen molar-refractivity contribution in [1.82, 2.24) is 21.0 Å². The Morgan fingerprint density at radius 2 is 2.19 bits per heavy atom. The minimum absolute atomic E-state index is 0.143. The van der Waals surface area contributed by atoms with E-state index in [1.165, 1.54) is 0 Å². The second kappa shape index (κ2) is 4.56. The first-order valence-electron chi connectivity index (χ1n) is 4.64. The summed E-state index contributed by atoms with van der Waals surface area (Å²) in [5.74, 6) is -0.389. The molecule has 5 N–H and O–H groups in total. The average Bonchev–Trinajstić information content (AvgIpc) is 2.63. The number of nitrogens with one attached hydrogen (secondary N) is 2. The summed E-state index contributed by atoms with van der Waals surface area (Å²) in [4.78, 5) is 11.6. The molecule has 0 aliphatic carbocycles. The van der Waals surface area contributed by atoms with Crippen molar-refractivity contribution in [3.05, 3.63) is 11.8 Å². The van der Waals surface area contributed by atoms with Crippen molar-refractivity contribution >= 4 is 5.91 Å². The van der Waals surface area contributed by atoms with Crippen molar-refractivity contribution in [2.45, 2.75) is 32.5 Å². The van der Waals surface area contributed by atoms with Crippen LogP contribution in [0.5, 0.6) is 0 Å². The van der Waals surface area contributed by atoms with Crippen molar-refractivity contribution in [2.75, 3.05) is 0 Å². The summed E-state index contributed by atoms with van der Waals surface area (Å²) in [6, 6.07) is 0. The largest absolute Gasteiger partial charge is 0.417 e. The summed E-state index contributed by atoms with van der Waals surface area (Å²) in [5.41, 5.74) is 6.54. The molecule has 1 heterocycles. The maximum absolute atomic E-state index is 11.6. The molecule has 0 aliphatic heterocycles. The number of nitrogens with two attached hydrogens (primary N) is 1. The molecule has 0 saturated carbocycles. The summed E-state index contributed by atoms with van der Waals surface area (Å²) in [6.45, 7) is 4.86. The molecule has 1 atom stereocenters. The molecular formula is C8H15N5O3. The van der Waals surface area contributed by atoms with Gasteiger partial charge in [0.25, 0.3) is 0 Å². The number of hydroxylamine groups is 1. The summed E-state index contributed by atoms with van der Waals surface area (Å²) in [6.07, 6.45) is -0.819. The Morgan fingerprint density at radius 3 is 2.62 bits per heavy atom. The van der Waals surface area contributed by atoms with Gasteiger partial charge in [-0.1, -0.05) is 0 Å². The topological polar surface area (TPSA) is 126 Å². The number of hydrogen-bond acceptors (Lipinski definition) is 7. The molecule has 0 saturated heterocycles. The van der Waals surface area contributed by atoms with Gasteiger partial charge < -0.3 is 20.7 Å². The summed E-state index contributed by atoms with van der Waals surface area (Å²) < 4.78 is 4.95. The molecule has 0 spiro atoms. The number of amides is 1. The monoisotopic (exact) mass is 229 g/mol. The van der Waals surface area contributed by atoms with Gasteiger partial charge in [-0.15, -0.1) is 10.2 Å². The highest BCUT2D eigenvalue weighted by Gasteiger charge is 2.30. The van der Waals surface area contributed by atoms with Gasteiger partial charge in [0.2, 0.25) is 5.89 Å². The molecule has 0 bridgehead atoms. The molecule has 16 heavy (non-hydrogen) atoms.